The molecule has 1 heterocycles. The maximum Gasteiger partial charge on any atom is 0.427 e. The van der Waals surface area contributed by atoms with Crippen molar-refractivity contribution in [2.45, 2.75) is 98.5 Å². The molecule has 1 aliphatic heterocycles. The van der Waals surface area contributed by atoms with Gasteiger partial charge in [-0.25, -0.2) is 19.2 Å². The molecule has 12 heteroatoms. The Hall–Kier alpha value is -3.31. The Kier molecular flexibility index (Phi) is 10.5. The molecule has 0 aromatic rings. The van der Waals surface area contributed by atoms with Crippen LogP contribution in [0.25, 0.3) is 0 Å². The molecule has 0 aliphatic carbocycles. The quantitative estimate of drug-likeness (QED) is 0.177. The van der Waals surface area contributed by atoms with Crippen molar-refractivity contribution in [3.05, 3.63) is 11.6 Å². The van der Waals surface area contributed by atoms with Gasteiger partial charge in [-0.2, -0.15) is 0 Å². The number of carbonyl (C=O) groups excluding carboxylic acids is 4. The number of nitrogens with zero attached hydrogens (tertiary/aromatic N) is 2. The third kappa shape index (κ3) is 11.5. The molecular formula is C25H42N4O8. The molecule has 0 saturated heterocycles. The fraction of sp³-hybridized carbons (Fsp3) is 0.720. The molecule has 0 saturated carbocycles. The highest BCUT2D eigenvalue weighted by Gasteiger charge is 2.38. The van der Waals surface area contributed by atoms with Crippen LogP contribution >= 0.6 is 0 Å². The Bertz CT molecular complexity index is 881. The van der Waals surface area contributed by atoms with Crippen LogP contribution in [0.5, 0.6) is 0 Å². The number of ether oxygens (including phenoxy) is 4. The highest BCUT2D eigenvalue weighted by molar-refractivity contribution is 6.07. The van der Waals surface area contributed by atoms with Crippen molar-refractivity contribution in [3.63, 3.8) is 0 Å². The van der Waals surface area contributed by atoms with Crippen molar-refractivity contribution in [2.24, 2.45) is 0 Å². The van der Waals surface area contributed by atoms with Gasteiger partial charge in [-0.3, -0.25) is 5.41 Å². The van der Waals surface area contributed by atoms with Crippen molar-refractivity contribution in [1.82, 2.24) is 15.1 Å². The predicted octanol–water partition coefficient (Wildman–Crippen LogP) is 4.18. The summed E-state index contributed by atoms with van der Waals surface area (Å²) in [6.07, 6.45) is -1.03. The summed E-state index contributed by atoms with van der Waals surface area (Å²) in [6.45, 7) is 17.1. The molecule has 1 atom stereocenters. The van der Waals surface area contributed by atoms with Crippen molar-refractivity contribution in [1.29, 1.82) is 5.41 Å². The van der Waals surface area contributed by atoms with Gasteiger partial charge < -0.3 is 29.2 Å². The highest BCUT2D eigenvalue weighted by Crippen LogP contribution is 2.21. The standard InChI is InChI=1S/C25H42N4O8/c1-11-34-18(30)17(27-20(31)35-23(2,3)4)14-16-12-13-28(15-16)19(26)29(21(32)36-24(5,6)7)22(33)37-25(8,9)10/h12,17,26H,11,13-15H2,1-10H3,(H,27,31). The van der Waals surface area contributed by atoms with E-state index in [1.54, 1.807) is 75.3 Å². The number of guanidine groups is 1. The number of hydrogen-bond acceptors (Lipinski definition) is 9. The lowest BCUT2D eigenvalue weighted by Gasteiger charge is -2.31. The van der Waals surface area contributed by atoms with Crippen LogP contribution in [-0.4, -0.2) is 82.5 Å². The molecule has 1 rings (SSSR count). The lowest BCUT2D eigenvalue weighted by molar-refractivity contribution is -0.145. The maximum absolute atomic E-state index is 12.8. The molecule has 37 heavy (non-hydrogen) atoms. The summed E-state index contributed by atoms with van der Waals surface area (Å²) in [5.41, 5.74) is -1.89. The molecule has 1 unspecified atom stereocenters. The van der Waals surface area contributed by atoms with Crippen molar-refractivity contribution >= 4 is 30.2 Å². The zero-order valence-corrected chi connectivity index (χ0v) is 23.6. The van der Waals surface area contributed by atoms with Gasteiger partial charge in [-0.05, 0) is 69.2 Å². The fourth-order valence-electron chi connectivity index (χ4n) is 3.07. The van der Waals surface area contributed by atoms with Gasteiger partial charge in [0.2, 0.25) is 5.96 Å². The minimum Gasteiger partial charge on any atom is -0.464 e. The molecule has 3 amide bonds. The third-order valence-electron chi connectivity index (χ3n) is 4.39. The van der Waals surface area contributed by atoms with E-state index in [2.05, 4.69) is 5.32 Å². The van der Waals surface area contributed by atoms with Gasteiger partial charge in [0.1, 0.15) is 22.8 Å². The molecular weight excluding hydrogens is 484 g/mol. The number of alkyl carbamates (subject to hydrolysis) is 1. The number of rotatable bonds is 5. The Labute approximate surface area is 219 Å². The van der Waals surface area contributed by atoms with Crippen molar-refractivity contribution in [3.8, 4) is 0 Å². The Morgan fingerprint density at radius 1 is 0.946 bits per heavy atom. The van der Waals surface area contributed by atoms with Crippen LogP contribution in [-0.2, 0) is 23.7 Å². The van der Waals surface area contributed by atoms with E-state index in [0.29, 0.717) is 10.5 Å². The first-order valence-electron chi connectivity index (χ1n) is 12.2. The molecule has 210 valence electrons. The van der Waals surface area contributed by atoms with E-state index in [-0.39, 0.29) is 26.1 Å². The van der Waals surface area contributed by atoms with Gasteiger partial charge in [-0.1, -0.05) is 11.6 Å². The number of amides is 3. The number of hydrogen-bond donors (Lipinski definition) is 2. The van der Waals surface area contributed by atoms with Gasteiger partial charge in [0.05, 0.1) is 6.61 Å². The van der Waals surface area contributed by atoms with E-state index >= 15 is 0 Å². The first-order chi connectivity index (χ1) is 16.7. The van der Waals surface area contributed by atoms with E-state index in [4.69, 9.17) is 24.4 Å². The molecule has 0 bridgehead atoms. The Morgan fingerprint density at radius 3 is 1.86 bits per heavy atom. The fourth-order valence-corrected chi connectivity index (χ4v) is 3.07. The second-order valence-corrected chi connectivity index (χ2v) is 11.5. The van der Waals surface area contributed by atoms with Gasteiger partial charge >= 0.3 is 24.2 Å². The SMILES string of the molecule is CCOC(=O)C(CC1=CCN(C(=N)N(C(=O)OC(C)(C)C)C(=O)OC(C)(C)C)C1)NC(=O)OC(C)(C)C. The van der Waals surface area contributed by atoms with E-state index in [0.717, 1.165) is 0 Å². The van der Waals surface area contributed by atoms with Gasteiger partial charge in [-0.15, -0.1) is 4.90 Å². The van der Waals surface area contributed by atoms with Crippen LogP contribution in [0.2, 0.25) is 0 Å². The number of imide groups is 1. The van der Waals surface area contributed by atoms with Crippen LogP contribution < -0.4 is 5.32 Å². The second-order valence-electron chi connectivity index (χ2n) is 11.5. The molecule has 2 N–H and O–H groups in total. The summed E-state index contributed by atoms with van der Waals surface area (Å²) in [5, 5.41) is 11.1. The summed E-state index contributed by atoms with van der Waals surface area (Å²) in [5.74, 6) is -1.07. The summed E-state index contributed by atoms with van der Waals surface area (Å²) >= 11 is 0. The first-order valence-corrected chi connectivity index (χ1v) is 12.2. The zero-order chi connectivity index (χ0) is 28.8. The highest BCUT2D eigenvalue weighted by atomic mass is 16.6. The average molecular weight is 527 g/mol. The monoisotopic (exact) mass is 526 g/mol. The van der Waals surface area contributed by atoms with Gasteiger partial charge in [0.25, 0.3) is 0 Å². The van der Waals surface area contributed by atoms with Gasteiger partial charge in [0.15, 0.2) is 0 Å². The number of esters is 1. The zero-order valence-electron chi connectivity index (χ0n) is 23.6. The Balaban J connectivity index is 3.03. The van der Waals surface area contributed by atoms with Crippen LogP contribution in [0.3, 0.4) is 0 Å². The van der Waals surface area contributed by atoms with Crippen LogP contribution in [0, 0.1) is 5.41 Å². The predicted molar refractivity (Wildman–Crippen MR) is 136 cm³/mol. The lowest BCUT2D eigenvalue weighted by Crippen LogP contribution is -2.52. The summed E-state index contributed by atoms with van der Waals surface area (Å²) in [7, 11) is 0. The van der Waals surface area contributed by atoms with Crippen LogP contribution in [0.15, 0.2) is 11.6 Å². The van der Waals surface area contributed by atoms with Crippen LogP contribution in [0.4, 0.5) is 14.4 Å². The van der Waals surface area contributed by atoms with E-state index in [1.165, 1.54) is 4.90 Å². The normalized spacial score (nSPS) is 14.8. The average Bonchev–Trinajstić information content (AvgIpc) is 3.12. The molecule has 0 aromatic carbocycles. The van der Waals surface area contributed by atoms with E-state index in [9.17, 15) is 19.2 Å². The lowest BCUT2D eigenvalue weighted by atomic mass is 10.1. The molecule has 0 spiro atoms. The molecule has 0 radical (unpaired) electrons. The summed E-state index contributed by atoms with van der Waals surface area (Å²) in [6, 6.07) is -1.03. The molecule has 0 fully saturated rings. The summed E-state index contributed by atoms with van der Waals surface area (Å²) < 4.78 is 21.0. The smallest absolute Gasteiger partial charge is 0.427 e. The Morgan fingerprint density at radius 2 is 1.43 bits per heavy atom. The second kappa shape index (κ2) is 12.3. The molecule has 0 aromatic heterocycles. The first kappa shape index (κ1) is 31.7. The van der Waals surface area contributed by atoms with Crippen molar-refractivity contribution < 1.29 is 38.1 Å². The third-order valence-corrected chi connectivity index (χ3v) is 4.39. The number of nitrogens with one attached hydrogen (secondary N) is 2. The largest absolute Gasteiger partial charge is 0.464 e. The topological polar surface area (TPSA) is 148 Å². The summed E-state index contributed by atoms with van der Waals surface area (Å²) in [4.78, 5) is 52.4. The minimum atomic E-state index is -1.05. The molecule has 1 aliphatic rings. The van der Waals surface area contributed by atoms with E-state index in [1.807, 2.05) is 0 Å². The van der Waals surface area contributed by atoms with Crippen LogP contribution in [0.1, 0.15) is 75.7 Å². The minimum absolute atomic E-state index is 0.0841. The van der Waals surface area contributed by atoms with Gasteiger partial charge in [0, 0.05) is 19.5 Å². The number of carbonyl (C=O) groups is 4. The maximum atomic E-state index is 12.8. The van der Waals surface area contributed by atoms with E-state index < -0.39 is 53.1 Å². The molecule has 12 nitrogen and oxygen atoms in total. The van der Waals surface area contributed by atoms with Crippen molar-refractivity contribution in [2.75, 3.05) is 19.7 Å².